The van der Waals surface area contributed by atoms with E-state index in [1.807, 2.05) is 0 Å². The van der Waals surface area contributed by atoms with Crippen LogP contribution < -0.4 is 16.8 Å². The first kappa shape index (κ1) is 23.1. The van der Waals surface area contributed by atoms with E-state index in [0.717, 1.165) is 28.0 Å². The molecular formula is C16H18N6O6S3. The number of aliphatic carboxylic acids is 1. The monoisotopic (exact) mass is 486 g/mol. The number of aliphatic hydroxyl groups excluding tert-OH is 1. The Balaban J connectivity index is 1.77. The average Bonchev–Trinajstić information content (AvgIpc) is 3.18. The summed E-state index contributed by atoms with van der Waals surface area (Å²) in [6.07, 6.45) is 0. The van der Waals surface area contributed by atoms with Crippen molar-refractivity contribution in [2.75, 3.05) is 24.6 Å². The Morgan fingerprint density at radius 3 is 2.77 bits per heavy atom. The Morgan fingerprint density at radius 2 is 2.23 bits per heavy atom. The first-order valence-corrected chi connectivity index (χ1v) is 11.4. The van der Waals surface area contributed by atoms with E-state index >= 15 is 0 Å². The number of hydrogen-bond acceptors (Lipinski definition) is 12. The maximum Gasteiger partial charge on any atom is 0.353 e. The number of anilines is 1. The number of carbonyl (C=O) groups is 3. The number of fused-ring (bicyclic) bond motifs is 1. The van der Waals surface area contributed by atoms with E-state index in [2.05, 4.69) is 15.5 Å². The fraction of sp³-hybridized carbons (Fsp3) is 0.312. The van der Waals surface area contributed by atoms with Crippen molar-refractivity contribution in [3.8, 4) is 0 Å². The van der Waals surface area contributed by atoms with E-state index in [9.17, 15) is 29.8 Å². The Morgan fingerprint density at radius 1 is 1.48 bits per heavy atom. The molecule has 1 saturated heterocycles. The highest BCUT2D eigenvalue weighted by atomic mass is 32.2. The number of nitrogens with one attached hydrogen (secondary N) is 1. The molecule has 0 spiro atoms. The average molecular weight is 487 g/mol. The summed E-state index contributed by atoms with van der Waals surface area (Å²) >= 11 is 3.40. The third-order valence-electron chi connectivity index (χ3n) is 4.34. The van der Waals surface area contributed by atoms with E-state index in [1.54, 1.807) is 5.41 Å². The number of nitrogens with two attached hydrogens (primary N) is 2. The van der Waals surface area contributed by atoms with Crippen LogP contribution in [0.25, 0.3) is 0 Å². The van der Waals surface area contributed by atoms with Gasteiger partial charge in [-0.25, -0.2) is 9.78 Å². The molecule has 166 valence electrons. The SMILES string of the molecule is NC/C(=C\SC1=C(C(=O)O)N2C(=O)C(NC(=O)/C(=N\O)c3csc(N)n3)[C@H]2SC1)CO. The van der Waals surface area contributed by atoms with Crippen LogP contribution in [-0.4, -0.2) is 79.1 Å². The molecule has 2 aliphatic heterocycles. The summed E-state index contributed by atoms with van der Waals surface area (Å²) in [4.78, 5) is 42.4. The lowest BCUT2D eigenvalue weighted by molar-refractivity contribution is -0.150. The van der Waals surface area contributed by atoms with Gasteiger partial charge in [0, 0.05) is 22.6 Å². The van der Waals surface area contributed by atoms with Crippen molar-refractivity contribution in [1.82, 2.24) is 15.2 Å². The van der Waals surface area contributed by atoms with Gasteiger partial charge in [0.05, 0.1) is 6.61 Å². The van der Waals surface area contributed by atoms with Crippen LogP contribution in [0, 0.1) is 0 Å². The number of thiazole rings is 1. The Kier molecular flexibility index (Phi) is 7.22. The number of nitrogens with zero attached hydrogens (tertiary/aromatic N) is 3. The fourth-order valence-corrected chi connectivity index (χ4v) is 5.80. The second-order valence-corrected chi connectivity index (χ2v) is 9.17. The maximum atomic E-state index is 12.7. The van der Waals surface area contributed by atoms with Crippen molar-refractivity contribution in [1.29, 1.82) is 0 Å². The quantitative estimate of drug-likeness (QED) is 0.116. The van der Waals surface area contributed by atoms with Gasteiger partial charge in [0.1, 0.15) is 22.8 Å². The number of hydrogen-bond donors (Lipinski definition) is 6. The minimum Gasteiger partial charge on any atom is -0.477 e. The number of amides is 2. The van der Waals surface area contributed by atoms with E-state index in [4.69, 9.17) is 11.5 Å². The second-order valence-electron chi connectivity index (χ2n) is 6.21. The Hall–Kier alpha value is -2.59. The Bertz CT molecular complexity index is 1000. The van der Waals surface area contributed by atoms with Gasteiger partial charge in [0.15, 0.2) is 10.8 Å². The largest absolute Gasteiger partial charge is 0.477 e. The van der Waals surface area contributed by atoms with Gasteiger partial charge in [0.2, 0.25) is 0 Å². The zero-order chi connectivity index (χ0) is 22.7. The minimum atomic E-state index is -1.28. The van der Waals surface area contributed by atoms with E-state index in [1.165, 1.54) is 17.1 Å². The standard InChI is InChI=1S/C16H18N6O6S3/c17-1-6(2-23)3-29-8-5-30-14-10(13(25)22(14)11(8)15(26)27)20-12(24)9(21-28)7-4-31-16(18)19-7/h3-4,10,14,23,28H,1-2,5,17H2,(H2,18,19)(H,20,24)(H,26,27)/b6-3+,21-9-/t10?,14-/m1/s1. The van der Waals surface area contributed by atoms with Crippen LogP contribution >= 0.6 is 34.9 Å². The summed E-state index contributed by atoms with van der Waals surface area (Å²) in [5, 5.41) is 36.0. The number of carbonyl (C=O) groups excluding carboxylic acids is 2. The van der Waals surface area contributed by atoms with Crippen LogP contribution in [0.1, 0.15) is 5.69 Å². The zero-order valence-electron chi connectivity index (χ0n) is 15.7. The number of aliphatic hydroxyl groups is 1. The normalized spacial score (nSPS) is 21.6. The van der Waals surface area contributed by atoms with Crippen LogP contribution in [0.3, 0.4) is 0 Å². The molecule has 1 aromatic heterocycles. The first-order valence-electron chi connectivity index (χ1n) is 8.63. The molecule has 31 heavy (non-hydrogen) atoms. The number of nitrogen functional groups attached to an aromatic ring is 1. The van der Waals surface area contributed by atoms with Crippen LogP contribution in [0.4, 0.5) is 5.13 Å². The van der Waals surface area contributed by atoms with Gasteiger partial charge in [-0.05, 0) is 11.0 Å². The number of oxime groups is 1. The van der Waals surface area contributed by atoms with Crippen LogP contribution in [-0.2, 0) is 14.4 Å². The van der Waals surface area contributed by atoms with Crippen molar-refractivity contribution in [3.05, 3.63) is 32.7 Å². The lowest BCUT2D eigenvalue weighted by Gasteiger charge is -2.49. The minimum absolute atomic E-state index is 0.0543. The molecule has 8 N–H and O–H groups in total. The third-order valence-corrected chi connectivity index (χ3v) is 7.55. The van der Waals surface area contributed by atoms with E-state index in [0.29, 0.717) is 10.5 Å². The number of carboxylic acids is 1. The summed E-state index contributed by atoms with van der Waals surface area (Å²) in [7, 11) is 0. The predicted molar refractivity (Wildman–Crippen MR) is 116 cm³/mol. The topological polar surface area (TPSA) is 204 Å². The lowest BCUT2D eigenvalue weighted by Crippen LogP contribution is -2.71. The van der Waals surface area contributed by atoms with E-state index < -0.39 is 34.9 Å². The summed E-state index contributed by atoms with van der Waals surface area (Å²) in [6.45, 7) is -0.143. The summed E-state index contributed by atoms with van der Waals surface area (Å²) < 4.78 is 0. The molecule has 3 heterocycles. The fourth-order valence-electron chi connectivity index (χ4n) is 2.80. The lowest BCUT2D eigenvalue weighted by atomic mass is 10.0. The van der Waals surface area contributed by atoms with Gasteiger partial charge in [-0.1, -0.05) is 16.9 Å². The van der Waals surface area contributed by atoms with Crippen LogP contribution in [0.15, 0.2) is 32.1 Å². The maximum absolute atomic E-state index is 12.7. The molecule has 1 unspecified atom stereocenters. The van der Waals surface area contributed by atoms with Crippen molar-refractivity contribution in [2.24, 2.45) is 10.9 Å². The van der Waals surface area contributed by atoms with Crippen LogP contribution in [0.5, 0.6) is 0 Å². The molecule has 2 atom stereocenters. The van der Waals surface area contributed by atoms with E-state index in [-0.39, 0.29) is 35.4 Å². The van der Waals surface area contributed by atoms with Crippen molar-refractivity contribution in [2.45, 2.75) is 11.4 Å². The van der Waals surface area contributed by atoms with Crippen molar-refractivity contribution in [3.63, 3.8) is 0 Å². The molecular weight excluding hydrogens is 468 g/mol. The van der Waals surface area contributed by atoms with Gasteiger partial charge in [0.25, 0.3) is 11.8 Å². The molecule has 0 radical (unpaired) electrons. The van der Waals surface area contributed by atoms with Crippen LogP contribution in [0.2, 0.25) is 0 Å². The smallest absolute Gasteiger partial charge is 0.353 e. The number of β-lactam (4-membered cyclic amide) rings is 1. The summed E-state index contributed by atoms with van der Waals surface area (Å²) in [5.41, 5.74) is 11.0. The van der Waals surface area contributed by atoms with Gasteiger partial charge in [-0.3, -0.25) is 14.5 Å². The molecule has 1 aromatic rings. The zero-order valence-corrected chi connectivity index (χ0v) is 18.2. The molecule has 0 saturated carbocycles. The molecule has 15 heteroatoms. The van der Waals surface area contributed by atoms with Crippen molar-refractivity contribution < 1.29 is 29.8 Å². The summed E-state index contributed by atoms with van der Waals surface area (Å²) in [5.74, 6) is -2.46. The molecule has 2 amide bonds. The first-order chi connectivity index (χ1) is 14.8. The summed E-state index contributed by atoms with van der Waals surface area (Å²) in [6, 6.07) is -1.00. The van der Waals surface area contributed by atoms with Gasteiger partial charge in [-0.2, -0.15) is 0 Å². The molecule has 12 nitrogen and oxygen atoms in total. The highest BCUT2D eigenvalue weighted by Gasteiger charge is 2.54. The molecule has 1 fully saturated rings. The molecule has 0 aliphatic carbocycles. The van der Waals surface area contributed by atoms with Gasteiger partial charge < -0.3 is 32.2 Å². The number of rotatable bonds is 8. The molecule has 3 rings (SSSR count). The van der Waals surface area contributed by atoms with Gasteiger partial charge in [-0.15, -0.1) is 23.1 Å². The predicted octanol–water partition coefficient (Wildman–Crippen LogP) is -0.832. The molecule has 2 aliphatic rings. The third kappa shape index (κ3) is 4.54. The second kappa shape index (κ2) is 9.69. The van der Waals surface area contributed by atoms with Crippen molar-refractivity contribution >= 4 is 63.5 Å². The highest BCUT2D eigenvalue weighted by molar-refractivity contribution is 8.08. The number of aromatic nitrogens is 1. The number of carboxylic acid groups (broad SMARTS) is 1. The molecule has 0 aromatic carbocycles. The van der Waals surface area contributed by atoms with Gasteiger partial charge >= 0.3 is 5.97 Å². The Labute approximate surface area is 188 Å². The molecule has 0 bridgehead atoms. The number of thioether (sulfide) groups is 2. The highest BCUT2D eigenvalue weighted by Crippen LogP contribution is 2.43.